The van der Waals surface area contributed by atoms with Gasteiger partial charge in [-0.3, -0.25) is 0 Å². The van der Waals surface area contributed by atoms with Gasteiger partial charge in [-0.15, -0.1) is 0 Å². The molecule has 1 aromatic heterocycles. The molecule has 0 atom stereocenters. The zero-order valence-corrected chi connectivity index (χ0v) is 9.41. The molecule has 1 aliphatic carbocycles. The number of nitrogens with zero attached hydrogens (tertiary/aromatic N) is 3. The van der Waals surface area contributed by atoms with E-state index < -0.39 is 0 Å². The van der Waals surface area contributed by atoms with Gasteiger partial charge >= 0.3 is 0 Å². The van der Waals surface area contributed by atoms with Crippen molar-refractivity contribution in [3.8, 4) is 0 Å². The van der Waals surface area contributed by atoms with E-state index in [4.69, 9.17) is 11.6 Å². The molecule has 0 saturated heterocycles. The Morgan fingerprint density at radius 2 is 2.27 bits per heavy atom. The van der Waals surface area contributed by atoms with E-state index in [1.807, 2.05) is 11.9 Å². The van der Waals surface area contributed by atoms with Crippen LogP contribution in [0.5, 0.6) is 0 Å². The Morgan fingerprint density at radius 3 is 2.87 bits per heavy atom. The van der Waals surface area contributed by atoms with Gasteiger partial charge in [-0.1, -0.05) is 11.6 Å². The molecule has 0 spiro atoms. The van der Waals surface area contributed by atoms with Crippen LogP contribution in [0.2, 0.25) is 5.15 Å². The van der Waals surface area contributed by atoms with Gasteiger partial charge < -0.3 is 10.0 Å². The summed E-state index contributed by atoms with van der Waals surface area (Å²) in [6, 6.07) is 0. The van der Waals surface area contributed by atoms with Gasteiger partial charge in [0.05, 0.1) is 12.2 Å². The summed E-state index contributed by atoms with van der Waals surface area (Å²) in [6.07, 6.45) is 4.01. The van der Waals surface area contributed by atoms with Gasteiger partial charge in [0.2, 0.25) is 0 Å². The number of hydrogen-bond donors (Lipinski definition) is 1. The Labute approximate surface area is 93.9 Å². The Bertz CT molecular complexity index is 355. The molecule has 5 heteroatoms. The highest BCUT2D eigenvalue weighted by Crippen LogP contribution is 2.31. The van der Waals surface area contributed by atoms with E-state index in [1.54, 1.807) is 0 Å². The second-order valence-corrected chi connectivity index (χ2v) is 4.31. The topological polar surface area (TPSA) is 49.2 Å². The van der Waals surface area contributed by atoms with E-state index in [1.165, 1.54) is 19.2 Å². The fourth-order valence-corrected chi connectivity index (χ4v) is 1.81. The highest BCUT2D eigenvalue weighted by atomic mass is 35.5. The third-order valence-electron chi connectivity index (χ3n) is 2.62. The molecule has 2 rings (SSSR count). The molecule has 1 heterocycles. The van der Waals surface area contributed by atoms with Crippen molar-refractivity contribution >= 4 is 17.4 Å². The molecule has 0 unspecified atom stereocenters. The van der Waals surface area contributed by atoms with Crippen LogP contribution in [-0.2, 0) is 6.61 Å². The van der Waals surface area contributed by atoms with Crippen molar-refractivity contribution in [3.63, 3.8) is 0 Å². The summed E-state index contributed by atoms with van der Waals surface area (Å²) >= 11 is 5.89. The first kappa shape index (κ1) is 10.6. The summed E-state index contributed by atoms with van der Waals surface area (Å²) in [5, 5.41) is 9.54. The molecule has 0 aromatic carbocycles. The monoisotopic (exact) mass is 227 g/mol. The van der Waals surface area contributed by atoms with Crippen molar-refractivity contribution in [2.45, 2.75) is 19.4 Å². The Morgan fingerprint density at radius 1 is 1.53 bits per heavy atom. The third-order valence-corrected chi connectivity index (χ3v) is 2.94. The second-order valence-electron chi connectivity index (χ2n) is 3.95. The van der Waals surface area contributed by atoms with Crippen LogP contribution >= 0.6 is 11.6 Å². The van der Waals surface area contributed by atoms with Crippen molar-refractivity contribution < 1.29 is 5.11 Å². The highest BCUT2D eigenvalue weighted by Gasteiger charge is 2.24. The van der Waals surface area contributed by atoms with Crippen LogP contribution in [0.25, 0.3) is 0 Å². The molecule has 1 aromatic rings. The van der Waals surface area contributed by atoms with Gasteiger partial charge in [-0.2, -0.15) is 0 Å². The van der Waals surface area contributed by atoms with E-state index >= 15 is 0 Å². The first-order chi connectivity index (χ1) is 7.22. The number of aliphatic hydroxyl groups is 1. The molecule has 0 amide bonds. The minimum atomic E-state index is -0.121. The molecular formula is C10H14ClN3O. The average Bonchev–Trinajstić information content (AvgIpc) is 3.01. The fraction of sp³-hybridized carbons (Fsp3) is 0.600. The quantitative estimate of drug-likeness (QED) is 0.792. The second kappa shape index (κ2) is 4.33. The van der Waals surface area contributed by atoms with Crippen LogP contribution < -0.4 is 4.90 Å². The van der Waals surface area contributed by atoms with Crippen LogP contribution in [0.3, 0.4) is 0 Å². The molecular weight excluding hydrogens is 214 g/mol. The molecule has 1 aliphatic rings. The Kier molecular flexibility index (Phi) is 3.07. The normalized spacial score (nSPS) is 15.4. The van der Waals surface area contributed by atoms with Gasteiger partial charge in [-0.05, 0) is 18.8 Å². The minimum absolute atomic E-state index is 0.121. The van der Waals surface area contributed by atoms with Crippen molar-refractivity contribution in [2.75, 3.05) is 18.5 Å². The lowest BCUT2D eigenvalue weighted by Crippen LogP contribution is -2.23. The summed E-state index contributed by atoms with van der Waals surface area (Å²) in [5.41, 5.74) is 0.613. The van der Waals surface area contributed by atoms with Gasteiger partial charge in [0, 0.05) is 13.6 Å². The van der Waals surface area contributed by atoms with Gasteiger partial charge in [0.1, 0.15) is 17.3 Å². The SMILES string of the molecule is CN(CC1CC1)c1ncnc(Cl)c1CO. The first-order valence-electron chi connectivity index (χ1n) is 5.03. The van der Waals surface area contributed by atoms with Crippen molar-refractivity contribution in [3.05, 3.63) is 17.0 Å². The van der Waals surface area contributed by atoms with Crippen LogP contribution in [0, 0.1) is 5.92 Å². The van der Waals surface area contributed by atoms with E-state index in [2.05, 4.69) is 9.97 Å². The van der Waals surface area contributed by atoms with Crippen molar-refractivity contribution in [1.82, 2.24) is 9.97 Å². The standard InChI is InChI=1S/C10H14ClN3O/c1-14(4-7-2-3-7)10-8(5-15)9(11)12-6-13-10/h6-7,15H,2-5H2,1H3. The average molecular weight is 228 g/mol. The lowest BCUT2D eigenvalue weighted by atomic mass is 10.3. The van der Waals surface area contributed by atoms with Crippen LogP contribution in [0.4, 0.5) is 5.82 Å². The van der Waals surface area contributed by atoms with Gasteiger partial charge in [0.15, 0.2) is 0 Å². The van der Waals surface area contributed by atoms with E-state index in [0.717, 1.165) is 18.3 Å². The van der Waals surface area contributed by atoms with Crippen LogP contribution in [0.1, 0.15) is 18.4 Å². The molecule has 1 saturated carbocycles. The first-order valence-corrected chi connectivity index (χ1v) is 5.41. The zero-order chi connectivity index (χ0) is 10.8. The molecule has 15 heavy (non-hydrogen) atoms. The molecule has 0 radical (unpaired) electrons. The smallest absolute Gasteiger partial charge is 0.140 e. The molecule has 1 N–H and O–H groups in total. The number of aromatic nitrogens is 2. The third kappa shape index (κ3) is 2.38. The lowest BCUT2D eigenvalue weighted by molar-refractivity contribution is 0.281. The van der Waals surface area contributed by atoms with Crippen molar-refractivity contribution in [1.29, 1.82) is 0 Å². The maximum atomic E-state index is 9.21. The number of aliphatic hydroxyl groups excluding tert-OH is 1. The maximum Gasteiger partial charge on any atom is 0.140 e. The van der Waals surface area contributed by atoms with Crippen LogP contribution in [-0.4, -0.2) is 28.7 Å². The number of halogens is 1. The molecule has 4 nitrogen and oxygen atoms in total. The van der Waals surface area contributed by atoms with Crippen molar-refractivity contribution in [2.24, 2.45) is 5.92 Å². The molecule has 0 aliphatic heterocycles. The fourth-order valence-electron chi connectivity index (χ4n) is 1.62. The molecule has 82 valence electrons. The van der Waals surface area contributed by atoms with E-state index in [-0.39, 0.29) is 6.61 Å². The lowest BCUT2D eigenvalue weighted by Gasteiger charge is -2.20. The molecule has 1 fully saturated rings. The van der Waals surface area contributed by atoms with E-state index in [0.29, 0.717) is 10.7 Å². The predicted octanol–water partition coefficient (Wildman–Crippen LogP) is 1.47. The number of anilines is 1. The summed E-state index contributed by atoms with van der Waals surface area (Å²) in [5.74, 6) is 1.51. The Hall–Kier alpha value is -0.870. The predicted molar refractivity (Wildman–Crippen MR) is 59.0 cm³/mol. The van der Waals surface area contributed by atoms with E-state index in [9.17, 15) is 5.11 Å². The van der Waals surface area contributed by atoms with Gasteiger partial charge in [0.25, 0.3) is 0 Å². The number of hydrogen-bond acceptors (Lipinski definition) is 4. The summed E-state index contributed by atoms with van der Waals surface area (Å²) in [7, 11) is 1.97. The highest BCUT2D eigenvalue weighted by molar-refractivity contribution is 6.30. The zero-order valence-electron chi connectivity index (χ0n) is 8.65. The largest absolute Gasteiger partial charge is 0.391 e. The Balaban J connectivity index is 2.20. The molecule has 0 bridgehead atoms. The summed E-state index contributed by atoms with van der Waals surface area (Å²) < 4.78 is 0. The van der Waals surface area contributed by atoms with Gasteiger partial charge in [-0.25, -0.2) is 9.97 Å². The maximum absolute atomic E-state index is 9.21. The minimum Gasteiger partial charge on any atom is -0.391 e. The summed E-state index contributed by atoms with van der Waals surface area (Å²) in [6.45, 7) is 0.852. The van der Waals surface area contributed by atoms with Crippen LogP contribution in [0.15, 0.2) is 6.33 Å². The summed E-state index contributed by atoms with van der Waals surface area (Å²) in [4.78, 5) is 10.1. The number of rotatable bonds is 4.